The van der Waals surface area contributed by atoms with Gasteiger partial charge in [0.25, 0.3) is 0 Å². The van der Waals surface area contributed by atoms with E-state index in [1.165, 1.54) is 33.0 Å². The maximum Gasteiger partial charge on any atom is 0.164 e. The van der Waals surface area contributed by atoms with Gasteiger partial charge in [-0.15, -0.1) is 0 Å². The van der Waals surface area contributed by atoms with Crippen molar-refractivity contribution in [2.45, 2.75) is 26.7 Å². The van der Waals surface area contributed by atoms with E-state index < -0.39 is 0 Å². The minimum absolute atomic E-state index is 0. The maximum atomic E-state index is 5.41. The molecule has 0 saturated carbocycles. The van der Waals surface area contributed by atoms with E-state index in [-0.39, 0.29) is 12.8 Å². The van der Waals surface area contributed by atoms with Crippen LogP contribution in [0.25, 0.3) is 89.4 Å². The fourth-order valence-corrected chi connectivity index (χ4v) is 7.92. The summed E-state index contributed by atoms with van der Waals surface area (Å²) in [6.07, 6.45) is 0. The Balaban J connectivity index is 0.00000384. The molecule has 0 fully saturated rings. The van der Waals surface area contributed by atoms with Gasteiger partial charge in [-0.2, -0.15) is 0 Å². The first kappa shape index (κ1) is 33.1. The van der Waals surface area contributed by atoms with Crippen LogP contribution >= 0.6 is 0 Å². The van der Waals surface area contributed by atoms with Gasteiger partial charge < -0.3 is 0 Å². The van der Waals surface area contributed by atoms with Crippen molar-refractivity contribution in [1.82, 2.24) is 19.9 Å². The van der Waals surface area contributed by atoms with Crippen LogP contribution in [0.15, 0.2) is 170 Å². The first-order chi connectivity index (χ1) is 26.0. The highest BCUT2D eigenvalue weighted by Crippen LogP contribution is 2.50. The lowest BCUT2D eigenvalue weighted by atomic mass is 9.82. The largest absolute Gasteiger partial charge is 0.248 e. The third kappa shape index (κ3) is 5.55. The molecule has 9 aromatic rings. The van der Waals surface area contributed by atoms with E-state index >= 15 is 0 Å². The van der Waals surface area contributed by atoms with Crippen LogP contribution in [0.1, 0.15) is 32.4 Å². The van der Waals surface area contributed by atoms with Crippen LogP contribution in [0.5, 0.6) is 0 Å². The lowest BCUT2D eigenvalue weighted by Crippen LogP contribution is -2.14. The number of rotatable bonds is 5. The number of aromatic nitrogens is 4. The molecule has 54 heavy (non-hydrogen) atoms. The average molecular weight is 695 g/mol. The smallest absolute Gasteiger partial charge is 0.164 e. The van der Waals surface area contributed by atoms with Gasteiger partial charge in [-0.25, -0.2) is 19.9 Å². The van der Waals surface area contributed by atoms with Crippen LogP contribution in [0.3, 0.4) is 0 Å². The van der Waals surface area contributed by atoms with Crippen molar-refractivity contribution in [2.24, 2.45) is 0 Å². The van der Waals surface area contributed by atoms with Crippen molar-refractivity contribution in [1.29, 1.82) is 0 Å². The number of nitrogens with zero attached hydrogens (tertiary/aromatic N) is 4. The van der Waals surface area contributed by atoms with Crippen molar-refractivity contribution >= 4 is 21.7 Å². The van der Waals surface area contributed by atoms with Crippen molar-refractivity contribution in [2.75, 3.05) is 0 Å². The zero-order valence-corrected chi connectivity index (χ0v) is 29.5. The van der Waals surface area contributed by atoms with Crippen LogP contribution in [0.4, 0.5) is 0 Å². The Labute approximate surface area is 315 Å². The summed E-state index contributed by atoms with van der Waals surface area (Å²) in [5, 5.41) is 3.58. The first-order valence-corrected chi connectivity index (χ1v) is 18.1. The quantitative estimate of drug-likeness (QED) is 0.180. The molecule has 7 aromatic carbocycles. The molecule has 0 amide bonds. The molecule has 0 N–H and O–H groups in total. The van der Waals surface area contributed by atoms with Crippen LogP contribution in [-0.2, 0) is 5.41 Å². The fourth-order valence-electron chi connectivity index (χ4n) is 7.92. The Kier molecular flexibility index (Phi) is 7.97. The van der Waals surface area contributed by atoms with E-state index in [2.05, 4.69) is 123 Å². The monoisotopic (exact) mass is 694 g/mol. The van der Waals surface area contributed by atoms with Crippen molar-refractivity contribution < 1.29 is 0 Å². The molecule has 258 valence electrons. The van der Waals surface area contributed by atoms with Gasteiger partial charge in [0.15, 0.2) is 17.5 Å². The number of pyridine rings is 1. The molecular weight excluding hydrogens is 657 g/mol. The molecule has 4 heteroatoms. The van der Waals surface area contributed by atoms with Gasteiger partial charge in [0.05, 0.1) is 11.2 Å². The van der Waals surface area contributed by atoms with E-state index in [1.807, 2.05) is 60.7 Å². The van der Waals surface area contributed by atoms with E-state index in [9.17, 15) is 0 Å². The predicted molar refractivity (Wildman–Crippen MR) is 224 cm³/mol. The average Bonchev–Trinajstić information content (AvgIpc) is 3.45. The molecule has 2 aromatic heterocycles. The lowest BCUT2D eigenvalue weighted by Gasteiger charge is -2.22. The second-order valence-electron chi connectivity index (χ2n) is 14.3. The molecule has 0 unspecified atom stereocenters. The van der Waals surface area contributed by atoms with Crippen LogP contribution < -0.4 is 0 Å². The summed E-state index contributed by atoms with van der Waals surface area (Å²) >= 11 is 0. The minimum Gasteiger partial charge on any atom is -0.248 e. The number of hydrogen-bond donors (Lipinski definition) is 0. The van der Waals surface area contributed by atoms with E-state index in [0.29, 0.717) is 17.5 Å². The van der Waals surface area contributed by atoms with Gasteiger partial charge in [-0.05, 0) is 74.5 Å². The molecular formula is C50H38N4. The Bertz CT molecular complexity index is 2800. The highest BCUT2D eigenvalue weighted by Gasteiger charge is 2.35. The molecule has 2 heterocycles. The van der Waals surface area contributed by atoms with Gasteiger partial charge >= 0.3 is 0 Å². The third-order valence-electron chi connectivity index (χ3n) is 10.7. The summed E-state index contributed by atoms with van der Waals surface area (Å²) in [6, 6.07) is 59.7. The molecule has 0 atom stereocenters. The zero-order valence-electron chi connectivity index (χ0n) is 29.5. The summed E-state index contributed by atoms with van der Waals surface area (Å²) in [5.74, 6) is 1.90. The van der Waals surface area contributed by atoms with Gasteiger partial charge in [-0.1, -0.05) is 161 Å². The number of hydrogen-bond acceptors (Lipinski definition) is 4. The van der Waals surface area contributed by atoms with E-state index in [4.69, 9.17) is 19.9 Å². The Morgan fingerprint density at radius 2 is 0.963 bits per heavy atom. The molecule has 1 aliphatic carbocycles. The Morgan fingerprint density at radius 1 is 0.370 bits per heavy atom. The summed E-state index contributed by atoms with van der Waals surface area (Å²) < 4.78 is 0. The van der Waals surface area contributed by atoms with Gasteiger partial charge in [0.2, 0.25) is 0 Å². The molecule has 0 aliphatic heterocycles. The zero-order chi connectivity index (χ0) is 35.5. The third-order valence-corrected chi connectivity index (χ3v) is 10.7. The van der Waals surface area contributed by atoms with Gasteiger partial charge in [0, 0.05) is 33.1 Å². The highest BCUT2D eigenvalue weighted by molar-refractivity contribution is 6.03. The standard InChI is InChI=1S/C49H34N4.CH4/c1-49(2)42-23-12-11-22-38(42)40-28-41-39(35-25-24-31-14-9-10-19-34(31)26-35)29-44(50-45(41)30-43(40)49)36-20-13-21-37(27-36)48-52-46(32-15-5-3-6-16-32)51-47(53-48)33-17-7-4-8-18-33;/h3-30H,1-2H3;1H4. The topological polar surface area (TPSA) is 51.6 Å². The van der Waals surface area contributed by atoms with Crippen LogP contribution in [-0.4, -0.2) is 19.9 Å². The molecule has 0 saturated heterocycles. The summed E-state index contributed by atoms with van der Waals surface area (Å²) in [4.78, 5) is 20.3. The summed E-state index contributed by atoms with van der Waals surface area (Å²) in [5.41, 5.74) is 13.1. The highest BCUT2D eigenvalue weighted by atomic mass is 15.0. The fraction of sp³-hybridized carbons (Fsp3) is 0.0800. The van der Waals surface area contributed by atoms with Gasteiger partial charge in [0.1, 0.15) is 0 Å². The molecule has 1 aliphatic rings. The molecule has 0 bridgehead atoms. The van der Waals surface area contributed by atoms with Crippen molar-refractivity contribution in [3.05, 3.63) is 181 Å². The number of benzene rings is 7. The van der Waals surface area contributed by atoms with Gasteiger partial charge in [-0.3, -0.25) is 0 Å². The minimum atomic E-state index is -0.133. The van der Waals surface area contributed by atoms with Crippen molar-refractivity contribution in [3.8, 4) is 67.7 Å². The van der Waals surface area contributed by atoms with E-state index in [0.717, 1.165) is 50.0 Å². The second kappa shape index (κ2) is 13.0. The predicted octanol–water partition coefficient (Wildman–Crippen LogP) is 12.9. The first-order valence-electron chi connectivity index (χ1n) is 18.1. The van der Waals surface area contributed by atoms with Crippen LogP contribution in [0.2, 0.25) is 0 Å². The number of fused-ring (bicyclic) bond motifs is 5. The second-order valence-corrected chi connectivity index (χ2v) is 14.3. The SMILES string of the molecule is C.CC1(C)c2ccccc2-c2cc3c(-c4ccc5ccccc5c4)cc(-c4cccc(-c5nc(-c6ccccc6)nc(-c6ccccc6)n5)c4)nc3cc21. The molecule has 0 radical (unpaired) electrons. The molecule has 4 nitrogen and oxygen atoms in total. The molecule has 0 spiro atoms. The van der Waals surface area contributed by atoms with Crippen molar-refractivity contribution in [3.63, 3.8) is 0 Å². The molecule has 10 rings (SSSR count). The lowest BCUT2D eigenvalue weighted by molar-refractivity contribution is 0.661. The van der Waals surface area contributed by atoms with Crippen LogP contribution in [0, 0.1) is 0 Å². The summed E-state index contributed by atoms with van der Waals surface area (Å²) in [6.45, 7) is 4.65. The summed E-state index contributed by atoms with van der Waals surface area (Å²) in [7, 11) is 0. The Hall–Kier alpha value is -6.78. The Morgan fingerprint density at radius 3 is 1.69 bits per heavy atom. The maximum absolute atomic E-state index is 5.41. The normalized spacial score (nSPS) is 12.6. The van der Waals surface area contributed by atoms with E-state index in [1.54, 1.807) is 0 Å².